The molecule has 5 heteroatoms. The SMILES string of the molecule is CCCCCCCCCCCCNC(=O)c1ccc(C#Cc2ccc(C(=O)NCCCN)cc2)cc1. The maximum Gasteiger partial charge on any atom is 0.251 e. The van der Waals surface area contributed by atoms with Gasteiger partial charge in [0.1, 0.15) is 0 Å². The number of carbonyl (C=O) groups excluding carboxylic acids is 2. The first-order valence-electron chi connectivity index (χ1n) is 13.6. The van der Waals surface area contributed by atoms with Gasteiger partial charge in [-0.05, 0) is 67.9 Å². The fraction of sp³-hybridized carbons (Fsp3) is 0.484. The lowest BCUT2D eigenvalue weighted by molar-refractivity contribution is 0.0945. The van der Waals surface area contributed by atoms with Gasteiger partial charge >= 0.3 is 0 Å². The van der Waals surface area contributed by atoms with E-state index in [0.717, 1.165) is 30.5 Å². The molecule has 0 unspecified atom stereocenters. The van der Waals surface area contributed by atoms with E-state index in [9.17, 15) is 9.59 Å². The summed E-state index contributed by atoms with van der Waals surface area (Å²) < 4.78 is 0. The van der Waals surface area contributed by atoms with Crippen LogP contribution in [0.4, 0.5) is 0 Å². The van der Waals surface area contributed by atoms with Crippen LogP contribution in [0.2, 0.25) is 0 Å². The van der Waals surface area contributed by atoms with Crippen molar-refractivity contribution in [3.05, 3.63) is 70.8 Å². The first kappa shape index (κ1) is 29.1. The zero-order valence-corrected chi connectivity index (χ0v) is 21.9. The highest BCUT2D eigenvalue weighted by molar-refractivity contribution is 5.94. The second kappa shape index (κ2) is 18.2. The van der Waals surface area contributed by atoms with Gasteiger partial charge in [-0.15, -0.1) is 0 Å². The predicted molar refractivity (Wildman–Crippen MR) is 149 cm³/mol. The van der Waals surface area contributed by atoms with E-state index >= 15 is 0 Å². The van der Waals surface area contributed by atoms with Crippen molar-refractivity contribution >= 4 is 11.8 Å². The fourth-order valence-corrected chi connectivity index (χ4v) is 3.88. The topological polar surface area (TPSA) is 84.2 Å². The third kappa shape index (κ3) is 12.0. The minimum Gasteiger partial charge on any atom is -0.352 e. The maximum atomic E-state index is 12.4. The number of carbonyl (C=O) groups is 2. The number of hydrogen-bond acceptors (Lipinski definition) is 3. The van der Waals surface area contributed by atoms with Gasteiger partial charge in [-0.1, -0.05) is 76.6 Å². The Morgan fingerprint density at radius 1 is 0.611 bits per heavy atom. The summed E-state index contributed by atoms with van der Waals surface area (Å²) in [5.41, 5.74) is 8.36. The molecule has 4 N–H and O–H groups in total. The summed E-state index contributed by atoms with van der Waals surface area (Å²) in [7, 11) is 0. The fourth-order valence-electron chi connectivity index (χ4n) is 3.88. The first-order valence-corrected chi connectivity index (χ1v) is 13.6. The van der Waals surface area contributed by atoms with E-state index in [1.54, 1.807) is 12.1 Å². The number of amides is 2. The Morgan fingerprint density at radius 2 is 1.00 bits per heavy atom. The van der Waals surface area contributed by atoms with Gasteiger partial charge in [0.05, 0.1) is 0 Å². The highest BCUT2D eigenvalue weighted by Crippen LogP contribution is 2.10. The molecule has 0 saturated carbocycles. The van der Waals surface area contributed by atoms with Crippen molar-refractivity contribution in [2.24, 2.45) is 5.73 Å². The molecule has 5 nitrogen and oxygen atoms in total. The Hall–Kier alpha value is -3.10. The minimum atomic E-state index is -0.106. The van der Waals surface area contributed by atoms with Crippen LogP contribution in [0.5, 0.6) is 0 Å². The van der Waals surface area contributed by atoms with Crippen molar-refractivity contribution in [3.63, 3.8) is 0 Å². The van der Waals surface area contributed by atoms with Crippen molar-refractivity contribution in [1.82, 2.24) is 10.6 Å². The second-order valence-electron chi connectivity index (χ2n) is 9.24. The van der Waals surface area contributed by atoms with Crippen LogP contribution in [-0.2, 0) is 0 Å². The Balaban J connectivity index is 1.67. The molecule has 0 aromatic heterocycles. The number of rotatable bonds is 16. The van der Waals surface area contributed by atoms with Crippen LogP contribution >= 0.6 is 0 Å². The molecule has 0 atom stereocenters. The zero-order chi connectivity index (χ0) is 25.8. The molecule has 2 aromatic rings. The molecule has 0 aliphatic heterocycles. The average molecular weight is 490 g/mol. The van der Waals surface area contributed by atoms with E-state index < -0.39 is 0 Å². The van der Waals surface area contributed by atoms with Gasteiger partial charge in [0.2, 0.25) is 0 Å². The molecule has 0 heterocycles. The molecule has 0 bridgehead atoms. The molecule has 36 heavy (non-hydrogen) atoms. The van der Waals surface area contributed by atoms with Gasteiger partial charge in [0, 0.05) is 35.3 Å². The summed E-state index contributed by atoms with van der Waals surface area (Å²) in [4.78, 5) is 24.4. The smallest absolute Gasteiger partial charge is 0.251 e. The van der Waals surface area contributed by atoms with Crippen molar-refractivity contribution in [1.29, 1.82) is 0 Å². The average Bonchev–Trinajstić information content (AvgIpc) is 2.91. The minimum absolute atomic E-state index is 0.0363. The van der Waals surface area contributed by atoms with E-state index in [0.29, 0.717) is 24.2 Å². The zero-order valence-electron chi connectivity index (χ0n) is 21.9. The van der Waals surface area contributed by atoms with Crippen LogP contribution in [0, 0.1) is 11.8 Å². The summed E-state index contributed by atoms with van der Waals surface area (Å²) in [5.74, 6) is 6.07. The standard InChI is InChI=1S/C31H43N3O2/c1-2-3-4-5-6-7-8-9-10-11-24-33-30(35)28-19-15-26(16-20-28)13-14-27-17-21-29(22-18-27)31(36)34-25-12-23-32/h15-22H,2-12,23-25,32H2,1H3,(H,33,35)(H,34,36). The van der Waals surface area contributed by atoms with Gasteiger partial charge < -0.3 is 16.4 Å². The second-order valence-corrected chi connectivity index (χ2v) is 9.24. The number of benzene rings is 2. The van der Waals surface area contributed by atoms with Crippen LogP contribution in [0.1, 0.15) is 109 Å². The van der Waals surface area contributed by atoms with Gasteiger partial charge in [-0.3, -0.25) is 9.59 Å². The molecular formula is C31H43N3O2. The number of nitrogens with two attached hydrogens (primary N) is 1. The van der Waals surface area contributed by atoms with Crippen molar-refractivity contribution in [3.8, 4) is 11.8 Å². The van der Waals surface area contributed by atoms with Gasteiger partial charge in [0.15, 0.2) is 0 Å². The van der Waals surface area contributed by atoms with Crippen LogP contribution in [-0.4, -0.2) is 31.4 Å². The Morgan fingerprint density at radius 3 is 1.42 bits per heavy atom. The third-order valence-corrected chi connectivity index (χ3v) is 6.13. The van der Waals surface area contributed by atoms with Crippen LogP contribution in [0.3, 0.4) is 0 Å². The van der Waals surface area contributed by atoms with E-state index in [1.807, 2.05) is 36.4 Å². The van der Waals surface area contributed by atoms with E-state index in [1.165, 1.54) is 57.8 Å². The third-order valence-electron chi connectivity index (χ3n) is 6.13. The molecule has 0 fully saturated rings. The van der Waals surface area contributed by atoms with Crippen LogP contribution in [0.25, 0.3) is 0 Å². The highest BCUT2D eigenvalue weighted by Gasteiger charge is 2.05. The molecule has 2 aromatic carbocycles. The molecular weight excluding hydrogens is 446 g/mol. The van der Waals surface area contributed by atoms with E-state index in [4.69, 9.17) is 5.73 Å². The van der Waals surface area contributed by atoms with Gasteiger partial charge in [-0.2, -0.15) is 0 Å². The summed E-state index contributed by atoms with van der Waals surface area (Å²) in [6.07, 6.45) is 13.6. The molecule has 0 spiro atoms. The summed E-state index contributed by atoms with van der Waals surface area (Å²) in [6.45, 7) is 4.10. The lowest BCUT2D eigenvalue weighted by Gasteiger charge is -2.06. The monoisotopic (exact) mass is 489 g/mol. The van der Waals surface area contributed by atoms with Crippen LogP contribution in [0.15, 0.2) is 48.5 Å². The summed E-state index contributed by atoms with van der Waals surface area (Å²) in [5, 5.41) is 5.85. The molecule has 0 aliphatic rings. The lowest BCUT2D eigenvalue weighted by atomic mass is 10.1. The quantitative estimate of drug-likeness (QED) is 0.205. The van der Waals surface area contributed by atoms with Gasteiger partial charge in [-0.25, -0.2) is 0 Å². The normalized spacial score (nSPS) is 10.4. The predicted octanol–water partition coefficient (Wildman–Crippen LogP) is 5.82. The lowest BCUT2D eigenvalue weighted by Crippen LogP contribution is -2.25. The van der Waals surface area contributed by atoms with Crippen molar-refractivity contribution in [2.75, 3.05) is 19.6 Å². The van der Waals surface area contributed by atoms with Gasteiger partial charge in [0.25, 0.3) is 11.8 Å². The van der Waals surface area contributed by atoms with Crippen molar-refractivity contribution < 1.29 is 9.59 Å². The molecule has 2 amide bonds. The van der Waals surface area contributed by atoms with E-state index in [2.05, 4.69) is 29.4 Å². The highest BCUT2D eigenvalue weighted by atomic mass is 16.2. The molecule has 194 valence electrons. The molecule has 2 rings (SSSR count). The van der Waals surface area contributed by atoms with Crippen molar-refractivity contribution in [2.45, 2.75) is 77.6 Å². The van der Waals surface area contributed by atoms with E-state index in [-0.39, 0.29) is 11.8 Å². The first-order chi connectivity index (χ1) is 17.6. The van der Waals surface area contributed by atoms with Crippen LogP contribution < -0.4 is 16.4 Å². The number of hydrogen-bond donors (Lipinski definition) is 3. The number of unbranched alkanes of at least 4 members (excludes halogenated alkanes) is 9. The molecule has 0 saturated heterocycles. The Bertz CT molecular complexity index is 956. The molecule has 0 radical (unpaired) electrons. The Kier molecular flexibility index (Phi) is 14.7. The maximum absolute atomic E-state index is 12.4. The summed E-state index contributed by atoms with van der Waals surface area (Å²) >= 11 is 0. The molecule has 0 aliphatic carbocycles. The number of nitrogens with one attached hydrogen (secondary N) is 2. The largest absolute Gasteiger partial charge is 0.352 e. The summed E-state index contributed by atoms with van der Waals surface area (Å²) in [6, 6.07) is 14.6. The Labute approximate surface area is 217 Å².